The molecule has 1 atom stereocenters. The van der Waals surface area contributed by atoms with Gasteiger partial charge >= 0.3 is 5.97 Å². The number of ether oxygens (including phenoxy) is 1. The van der Waals surface area contributed by atoms with Crippen LogP contribution in [0.1, 0.15) is 18.4 Å². The average molecular weight is 254 g/mol. The van der Waals surface area contributed by atoms with E-state index in [4.69, 9.17) is 16.3 Å². The van der Waals surface area contributed by atoms with Crippen LogP contribution in [0, 0.1) is 12.8 Å². The predicted octanol–water partition coefficient (Wildman–Crippen LogP) is 3.01. The van der Waals surface area contributed by atoms with Crippen molar-refractivity contribution in [3.8, 4) is 0 Å². The zero-order chi connectivity index (χ0) is 12.4. The normalized spacial score (nSPS) is 16.4. The molecule has 0 amide bonds. The molecule has 92 valence electrons. The highest BCUT2D eigenvalue weighted by Gasteiger charge is 2.37. The van der Waals surface area contributed by atoms with Crippen LogP contribution in [0.25, 0.3) is 0 Å². The highest BCUT2D eigenvalue weighted by molar-refractivity contribution is 6.33. The molecule has 0 bridgehead atoms. The van der Waals surface area contributed by atoms with E-state index in [2.05, 4.69) is 5.32 Å². The van der Waals surface area contributed by atoms with Crippen LogP contribution >= 0.6 is 11.6 Å². The molecule has 1 aliphatic carbocycles. The van der Waals surface area contributed by atoms with Crippen molar-refractivity contribution in [3.63, 3.8) is 0 Å². The number of halogens is 1. The van der Waals surface area contributed by atoms with Crippen molar-refractivity contribution >= 4 is 23.3 Å². The third kappa shape index (κ3) is 2.72. The van der Waals surface area contributed by atoms with Gasteiger partial charge in [0.2, 0.25) is 0 Å². The van der Waals surface area contributed by atoms with Crippen molar-refractivity contribution < 1.29 is 9.53 Å². The number of carbonyl (C=O) groups excluding carboxylic acids is 1. The number of hydrogen-bond acceptors (Lipinski definition) is 3. The standard InChI is InChI=1S/C13H16ClNO2/c1-8-4-3-5-10(14)11(8)15-12(9-6-7-9)13(16)17-2/h3-5,9,12,15H,6-7H2,1-2H3. The minimum absolute atomic E-state index is 0.216. The first-order chi connectivity index (χ1) is 8.13. The number of esters is 1. The van der Waals surface area contributed by atoms with E-state index in [1.54, 1.807) is 0 Å². The lowest BCUT2D eigenvalue weighted by Gasteiger charge is -2.19. The molecule has 3 nitrogen and oxygen atoms in total. The first kappa shape index (κ1) is 12.2. The second-order valence-electron chi connectivity index (χ2n) is 4.41. The lowest BCUT2D eigenvalue weighted by atomic mass is 10.1. The van der Waals surface area contributed by atoms with E-state index in [0.717, 1.165) is 24.1 Å². The molecule has 4 heteroatoms. The number of rotatable bonds is 4. The van der Waals surface area contributed by atoms with Gasteiger partial charge in [-0.3, -0.25) is 0 Å². The maximum atomic E-state index is 11.7. The molecule has 0 spiro atoms. The fraction of sp³-hybridized carbons (Fsp3) is 0.462. The van der Waals surface area contributed by atoms with E-state index in [-0.39, 0.29) is 12.0 Å². The molecule has 1 aliphatic rings. The van der Waals surface area contributed by atoms with Crippen molar-refractivity contribution in [1.29, 1.82) is 0 Å². The van der Waals surface area contributed by atoms with E-state index < -0.39 is 0 Å². The number of hydrogen-bond donors (Lipinski definition) is 1. The number of para-hydroxylation sites is 1. The van der Waals surface area contributed by atoms with Gasteiger partial charge in [0.05, 0.1) is 17.8 Å². The SMILES string of the molecule is COC(=O)C(Nc1c(C)cccc1Cl)C1CC1. The van der Waals surface area contributed by atoms with Gasteiger partial charge < -0.3 is 10.1 Å². The number of anilines is 1. The van der Waals surface area contributed by atoms with Gasteiger partial charge in [0, 0.05) is 0 Å². The van der Waals surface area contributed by atoms with Crippen LogP contribution < -0.4 is 5.32 Å². The Hall–Kier alpha value is -1.22. The summed E-state index contributed by atoms with van der Waals surface area (Å²) < 4.78 is 4.82. The molecule has 0 aromatic heterocycles. The molecule has 1 aromatic rings. The molecule has 1 unspecified atom stereocenters. The maximum Gasteiger partial charge on any atom is 0.328 e. The van der Waals surface area contributed by atoms with E-state index in [1.165, 1.54) is 7.11 Å². The van der Waals surface area contributed by atoms with Crippen molar-refractivity contribution in [2.75, 3.05) is 12.4 Å². The second kappa shape index (κ2) is 4.96. The molecule has 17 heavy (non-hydrogen) atoms. The van der Waals surface area contributed by atoms with Gasteiger partial charge in [-0.05, 0) is 37.3 Å². The van der Waals surface area contributed by atoms with Crippen LogP contribution in [-0.4, -0.2) is 19.1 Å². The fourth-order valence-electron chi connectivity index (χ4n) is 1.90. The highest BCUT2D eigenvalue weighted by Crippen LogP contribution is 2.36. The molecule has 1 fully saturated rings. The largest absolute Gasteiger partial charge is 0.467 e. The summed E-state index contributed by atoms with van der Waals surface area (Å²) in [6, 6.07) is 5.40. The van der Waals surface area contributed by atoms with Gasteiger partial charge in [0.15, 0.2) is 0 Å². The molecular formula is C13H16ClNO2. The number of nitrogens with one attached hydrogen (secondary N) is 1. The Morgan fingerprint density at radius 2 is 2.24 bits per heavy atom. The van der Waals surface area contributed by atoms with E-state index in [0.29, 0.717) is 10.9 Å². The molecule has 2 rings (SSSR count). The quantitative estimate of drug-likeness (QED) is 0.839. The lowest BCUT2D eigenvalue weighted by Crippen LogP contribution is -2.33. The Labute approximate surface area is 106 Å². The van der Waals surface area contributed by atoms with Crippen LogP contribution in [0.2, 0.25) is 5.02 Å². The van der Waals surface area contributed by atoms with Crippen LogP contribution in [0.4, 0.5) is 5.69 Å². The number of aryl methyl sites for hydroxylation is 1. The molecule has 1 aromatic carbocycles. The zero-order valence-electron chi connectivity index (χ0n) is 10.00. The summed E-state index contributed by atoms with van der Waals surface area (Å²) in [6.45, 7) is 1.97. The van der Waals surface area contributed by atoms with Gasteiger partial charge in [-0.1, -0.05) is 23.7 Å². The van der Waals surface area contributed by atoms with Crippen molar-refractivity contribution in [3.05, 3.63) is 28.8 Å². The van der Waals surface area contributed by atoms with Crippen LogP contribution in [0.15, 0.2) is 18.2 Å². The summed E-state index contributed by atoms with van der Waals surface area (Å²) in [5.41, 5.74) is 1.86. The summed E-state index contributed by atoms with van der Waals surface area (Å²) in [5, 5.41) is 3.86. The van der Waals surface area contributed by atoms with Crippen LogP contribution in [0.5, 0.6) is 0 Å². The third-order valence-electron chi connectivity index (χ3n) is 3.07. The molecule has 0 saturated heterocycles. The van der Waals surface area contributed by atoms with Crippen molar-refractivity contribution in [2.24, 2.45) is 5.92 Å². The predicted molar refractivity (Wildman–Crippen MR) is 68.3 cm³/mol. The minimum atomic E-state index is -0.279. The maximum absolute atomic E-state index is 11.7. The van der Waals surface area contributed by atoms with Crippen molar-refractivity contribution in [2.45, 2.75) is 25.8 Å². The Morgan fingerprint density at radius 1 is 1.53 bits per heavy atom. The molecule has 1 N–H and O–H groups in total. The number of carbonyl (C=O) groups is 1. The summed E-state index contributed by atoms with van der Waals surface area (Å²) in [5.74, 6) is 0.157. The zero-order valence-corrected chi connectivity index (χ0v) is 10.8. The molecule has 0 heterocycles. The van der Waals surface area contributed by atoms with Crippen molar-refractivity contribution in [1.82, 2.24) is 0 Å². The monoisotopic (exact) mass is 253 g/mol. The first-order valence-corrected chi connectivity index (χ1v) is 6.10. The van der Waals surface area contributed by atoms with Crippen LogP contribution in [-0.2, 0) is 9.53 Å². The third-order valence-corrected chi connectivity index (χ3v) is 3.39. The Kier molecular flexibility index (Phi) is 3.57. The topological polar surface area (TPSA) is 38.3 Å². The molecule has 0 radical (unpaired) electrons. The Balaban J connectivity index is 2.20. The summed E-state index contributed by atoms with van der Waals surface area (Å²) in [4.78, 5) is 11.7. The van der Waals surface area contributed by atoms with Crippen LogP contribution in [0.3, 0.4) is 0 Å². The smallest absolute Gasteiger partial charge is 0.328 e. The molecule has 1 saturated carbocycles. The van der Waals surface area contributed by atoms with Gasteiger partial charge in [-0.25, -0.2) is 4.79 Å². The Bertz CT molecular complexity index is 409. The minimum Gasteiger partial charge on any atom is -0.467 e. The number of benzene rings is 1. The lowest BCUT2D eigenvalue weighted by molar-refractivity contribution is -0.142. The summed E-state index contributed by atoms with van der Waals surface area (Å²) in [7, 11) is 1.42. The van der Waals surface area contributed by atoms with Gasteiger partial charge in [-0.15, -0.1) is 0 Å². The molecule has 0 aliphatic heterocycles. The summed E-state index contributed by atoms with van der Waals surface area (Å²) >= 11 is 6.13. The Morgan fingerprint density at radius 3 is 2.76 bits per heavy atom. The van der Waals surface area contributed by atoms with Gasteiger partial charge in [-0.2, -0.15) is 0 Å². The van der Waals surface area contributed by atoms with E-state index in [1.807, 2.05) is 25.1 Å². The highest BCUT2D eigenvalue weighted by atomic mass is 35.5. The van der Waals surface area contributed by atoms with Gasteiger partial charge in [0.1, 0.15) is 6.04 Å². The summed E-state index contributed by atoms with van der Waals surface area (Å²) in [6.07, 6.45) is 2.13. The van der Waals surface area contributed by atoms with Gasteiger partial charge in [0.25, 0.3) is 0 Å². The molecular weight excluding hydrogens is 238 g/mol. The number of methoxy groups -OCH3 is 1. The second-order valence-corrected chi connectivity index (χ2v) is 4.82. The average Bonchev–Trinajstić information content (AvgIpc) is 3.12. The van der Waals surface area contributed by atoms with E-state index in [9.17, 15) is 4.79 Å². The first-order valence-electron chi connectivity index (χ1n) is 5.73. The van der Waals surface area contributed by atoms with E-state index >= 15 is 0 Å². The fourth-order valence-corrected chi connectivity index (χ4v) is 2.17.